The van der Waals surface area contributed by atoms with Gasteiger partial charge in [-0.1, -0.05) is 13.8 Å². The number of nitrogens with zero attached hydrogens (tertiary/aromatic N) is 2. The van der Waals surface area contributed by atoms with Crippen LogP contribution < -0.4 is 5.32 Å². The van der Waals surface area contributed by atoms with Crippen LogP contribution in [0.5, 0.6) is 0 Å². The summed E-state index contributed by atoms with van der Waals surface area (Å²) in [6.45, 7) is 6.90. The third-order valence-corrected chi connectivity index (χ3v) is 3.37. The van der Waals surface area contributed by atoms with E-state index in [2.05, 4.69) is 31.1 Å². The minimum Gasteiger partial charge on any atom is -0.353 e. The lowest BCUT2D eigenvalue weighted by atomic mass is 10.1. The van der Waals surface area contributed by atoms with E-state index in [1.807, 2.05) is 24.0 Å². The molecule has 1 N–H and O–H groups in total. The van der Waals surface area contributed by atoms with Gasteiger partial charge in [-0.05, 0) is 24.7 Å². The van der Waals surface area contributed by atoms with Gasteiger partial charge in [0.05, 0.1) is 0 Å². The Balaban J connectivity index is 1.96. The minimum absolute atomic E-state index is 0.520. The van der Waals surface area contributed by atoms with Crippen molar-refractivity contribution in [2.24, 2.45) is 18.4 Å². The Morgan fingerprint density at radius 3 is 2.71 bits per heavy atom. The van der Waals surface area contributed by atoms with E-state index in [-0.39, 0.29) is 0 Å². The fourth-order valence-electron chi connectivity index (χ4n) is 2.17. The maximum Gasteiger partial charge on any atom is 0.202 e. The zero-order valence-corrected chi connectivity index (χ0v) is 9.41. The predicted octanol–water partition coefficient (Wildman–Crippen LogP) is 2.27. The Labute approximate surface area is 85.5 Å². The molecular formula is C11H19N3. The van der Waals surface area contributed by atoms with Crippen LogP contribution in [0, 0.1) is 11.3 Å². The summed E-state index contributed by atoms with van der Waals surface area (Å²) in [5.74, 6) is 1.76. The smallest absolute Gasteiger partial charge is 0.202 e. The number of aryl methyl sites for hydroxylation is 1. The van der Waals surface area contributed by atoms with Gasteiger partial charge in [-0.2, -0.15) is 0 Å². The van der Waals surface area contributed by atoms with Gasteiger partial charge in [0, 0.05) is 25.5 Å². The first-order chi connectivity index (χ1) is 6.50. The molecule has 0 spiro atoms. The molecule has 0 aromatic carbocycles. The first kappa shape index (κ1) is 9.56. The molecule has 14 heavy (non-hydrogen) atoms. The standard InChI is InChI=1S/C11H19N3/c1-8(9-7-11(9,2)3)13-10-12-5-6-14(10)4/h5-6,8-9H,7H2,1-4H3,(H,12,13). The molecule has 1 heterocycles. The maximum atomic E-state index is 4.27. The van der Waals surface area contributed by atoms with Gasteiger partial charge in [-0.3, -0.25) is 0 Å². The van der Waals surface area contributed by atoms with Gasteiger partial charge in [0.2, 0.25) is 5.95 Å². The van der Waals surface area contributed by atoms with Crippen LogP contribution in [0.3, 0.4) is 0 Å². The van der Waals surface area contributed by atoms with E-state index in [0.29, 0.717) is 11.5 Å². The predicted molar refractivity (Wildman–Crippen MR) is 58.2 cm³/mol. The fraction of sp³-hybridized carbons (Fsp3) is 0.727. The highest BCUT2D eigenvalue weighted by atomic mass is 15.2. The summed E-state index contributed by atoms with van der Waals surface area (Å²) in [5.41, 5.74) is 0.525. The van der Waals surface area contributed by atoms with Gasteiger partial charge in [0.15, 0.2) is 0 Å². The highest BCUT2D eigenvalue weighted by Gasteiger charge is 2.48. The number of imidazole rings is 1. The monoisotopic (exact) mass is 193 g/mol. The summed E-state index contributed by atoms with van der Waals surface area (Å²) in [4.78, 5) is 4.27. The first-order valence-electron chi connectivity index (χ1n) is 5.24. The van der Waals surface area contributed by atoms with E-state index in [1.54, 1.807) is 0 Å². The molecule has 78 valence electrons. The Hall–Kier alpha value is -0.990. The number of nitrogens with one attached hydrogen (secondary N) is 1. The molecule has 1 saturated carbocycles. The summed E-state index contributed by atoms with van der Waals surface area (Å²) in [5, 5.41) is 3.46. The lowest BCUT2D eigenvalue weighted by Crippen LogP contribution is -2.22. The van der Waals surface area contributed by atoms with Crippen LogP contribution in [0.2, 0.25) is 0 Å². The van der Waals surface area contributed by atoms with E-state index in [1.165, 1.54) is 6.42 Å². The van der Waals surface area contributed by atoms with Gasteiger partial charge in [0.25, 0.3) is 0 Å². The second-order valence-corrected chi connectivity index (χ2v) is 5.09. The van der Waals surface area contributed by atoms with E-state index in [9.17, 15) is 0 Å². The molecule has 0 amide bonds. The number of anilines is 1. The van der Waals surface area contributed by atoms with Crippen molar-refractivity contribution in [3.8, 4) is 0 Å². The Morgan fingerprint density at radius 2 is 2.29 bits per heavy atom. The summed E-state index contributed by atoms with van der Waals surface area (Å²) in [6.07, 6.45) is 5.12. The molecule has 2 atom stereocenters. The molecule has 0 saturated heterocycles. The molecule has 3 nitrogen and oxygen atoms in total. The fourth-order valence-corrected chi connectivity index (χ4v) is 2.17. The quantitative estimate of drug-likeness (QED) is 0.798. The highest BCUT2D eigenvalue weighted by Crippen LogP contribution is 2.53. The van der Waals surface area contributed by atoms with Crippen molar-refractivity contribution in [3.05, 3.63) is 12.4 Å². The number of aromatic nitrogens is 2. The van der Waals surface area contributed by atoms with Crippen LogP contribution in [0.25, 0.3) is 0 Å². The summed E-state index contributed by atoms with van der Waals surface area (Å²) >= 11 is 0. The molecule has 0 bridgehead atoms. The third-order valence-electron chi connectivity index (χ3n) is 3.37. The Bertz CT molecular complexity index is 327. The van der Waals surface area contributed by atoms with E-state index >= 15 is 0 Å². The SMILES string of the molecule is CC(Nc1nccn1C)C1CC1(C)C. The number of hydrogen-bond acceptors (Lipinski definition) is 2. The molecule has 2 rings (SSSR count). The van der Waals surface area contributed by atoms with Gasteiger partial charge in [-0.25, -0.2) is 4.98 Å². The van der Waals surface area contributed by atoms with Crippen molar-refractivity contribution < 1.29 is 0 Å². The topological polar surface area (TPSA) is 29.9 Å². The van der Waals surface area contributed by atoms with E-state index < -0.39 is 0 Å². The summed E-state index contributed by atoms with van der Waals surface area (Å²) < 4.78 is 2.02. The summed E-state index contributed by atoms with van der Waals surface area (Å²) in [7, 11) is 2.01. The van der Waals surface area contributed by atoms with Crippen molar-refractivity contribution in [2.75, 3.05) is 5.32 Å². The molecular weight excluding hydrogens is 174 g/mol. The molecule has 1 aromatic heterocycles. The zero-order chi connectivity index (χ0) is 10.3. The van der Waals surface area contributed by atoms with Gasteiger partial charge in [-0.15, -0.1) is 0 Å². The largest absolute Gasteiger partial charge is 0.353 e. The van der Waals surface area contributed by atoms with Crippen LogP contribution in [-0.2, 0) is 7.05 Å². The van der Waals surface area contributed by atoms with Crippen LogP contribution >= 0.6 is 0 Å². The number of rotatable bonds is 3. The lowest BCUT2D eigenvalue weighted by Gasteiger charge is -2.16. The van der Waals surface area contributed by atoms with Crippen molar-refractivity contribution >= 4 is 5.95 Å². The molecule has 2 unspecified atom stereocenters. The maximum absolute atomic E-state index is 4.27. The Morgan fingerprint density at radius 1 is 1.64 bits per heavy atom. The van der Waals surface area contributed by atoms with Crippen molar-refractivity contribution in [3.63, 3.8) is 0 Å². The second kappa shape index (κ2) is 3.01. The minimum atomic E-state index is 0.520. The molecule has 1 aromatic rings. The zero-order valence-electron chi connectivity index (χ0n) is 9.41. The van der Waals surface area contributed by atoms with E-state index in [0.717, 1.165) is 11.9 Å². The normalized spacial score (nSPS) is 25.9. The second-order valence-electron chi connectivity index (χ2n) is 5.09. The van der Waals surface area contributed by atoms with Crippen LogP contribution in [-0.4, -0.2) is 15.6 Å². The number of hydrogen-bond donors (Lipinski definition) is 1. The van der Waals surface area contributed by atoms with E-state index in [4.69, 9.17) is 0 Å². The van der Waals surface area contributed by atoms with Gasteiger partial charge in [0.1, 0.15) is 0 Å². The summed E-state index contributed by atoms with van der Waals surface area (Å²) in [6, 6.07) is 0.520. The highest BCUT2D eigenvalue weighted by molar-refractivity contribution is 5.28. The average molecular weight is 193 g/mol. The molecule has 0 radical (unpaired) electrons. The first-order valence-corrected chi connectivity index (χ1v) is 5.24. The van der Waals surface area contributed by atoms with Crippen LogP contribution in [0.4, 0.5) is 5.95 Å². The molecule has 1 fully saturated rings. The van der Waals surface area contributed by atoms with Gasteiger partial charge >= 0.3 is 0 Å². The average Bonchev–Trinajstić information content (AvgIpc) is 2.54. The van der Waals surface area contributed by atoms with Crippen molar-refractivity contribution in [1.29, 1.82) is 0 Å². The molecule has 1 aliphatic carbocycles. The molecule has 3 heteroatoms. The van der Waals surface area contributed by atoms with Gasteiger partial charge < -0.3 is 9.88 Å². The lowest BCUT2D eigenvalue weighted by molar-refractivity contribution is 0.516. The Kier molecular flexibility index (Phi) is 2.05. The third kappa shape index (κ3) is 1.63. The van der Waals surface area contributed by atoms with Crippen molar-refractivity contribution in [1.82, 2.24) is 9.55 Å². The van der Waals surface area contributed by atoms with Crippen LogP contribution in [0.15, 0.2) is 12.4 Å². The molecule has 1 aliphatic rings. The van der Waals surface area contributed by atoms with Crippen LogP contribution in [0.1, 0.15) is 27.2 Å². The van der Waals surface area contributed by atoms with Crippen molar-refractivity contribution in [2.45, 2.75) is 33.2 Å². The molecule has 0 aliphatic heterocycles.